The van der Waals surface area contributed by atoms with Gasteiger partial charge in [-0.3, -0.25) is 9.63 Å². The monoisotopic (exact) mass is 237 g/mol. The van der Waals surface area contributed by atoms with Gasteiger partial charge < -0.3 is 4.74 Å². The van der Waals surface area contributed by atoms with Gasteiger partial charge in [-0.05, 0) is 38.5 Å². The number of ether oxygens (including phenoxy) is 1. The Morgan fingerprint density at radius 1 is 1.24 bits per heavy atom. The fourth-order valence-electron chi connectivity index (χ4n) is 1.18. The Morgan fingerprint density at radius 2 is 1.82 bits per heavy atom. The predicted octanol–water partition coefficient (Wildman–Crippen LogP) is 2.29. The molecule has 1 aromatic rings. The van der Waals surface area contributed by atoms with Gasteiger partial charge in [0.05, 0.1) is 12.2 Å². The Kier molecular flexibility index (Phi) is 4.66. The normalized spacial score (nSPS) is 11.3. The summed E-state index contributed by atoms with van der Waals surface area (Å²) in [6.45, 7) is 6.15. The molecule has 0 saturated carbocycles. The minimum absolute atomic E-state index is 0.246. The van der Waals surface area contributed by atoms with Crippen molar-refractivity contribution in [2.24, 2.45) is 0 Å². The van der Waals surface area contributed by atoms with Crippen molar-refractivity contribution < 1.29 is 14.4 Å². The van der Waals surface area contributed by atoms with Gasteiger partial charge in [0, 0.05) is 12.7 Å². The second-order valence-electron chi connectivity index (χ2n) is 4.78. The summed E-state index contributed by atoms with van der Waals surface area (Å²) < 4.78 is 5.00. The van der Waals surface area contributed by atoms with Crippen molar-refractivity contribution in [3.05, 3.63) is 35.4 Å². The van der Waals surface area contributed by atoms with Gasteiger partial charge in [-0.15, -0.1) is 0 Å². The van der Waals surface area contributed by atoms with Crippen LogP contribution in [0.1, 0.15) is 36.7 Å². The van der Waals surface area contributed by atoms with Gasteiger partial charge in [0.15, 0.2) is 0 Å². The van der Waals surface area contributed by atoms with Crippen molar-refractivity contribution in [2.75, 3.05) is 7.11 Å². The molecule has 0 aliphatic heterocycles. The highest BCUT2D eigenvalue weighted by Crippen LogP contribution is 2.07. The van der Waals surface area contributed by atoms with Crippen molar-refractivity contribution in [1.82, 2.24) is 5.48 Å². The summed E-state index contributed by atoms with van der Waals surface area (Å²) in [4.78, 5) is 16.9. The van der Waals surface area contributed by atoms with Crippen LogP contribution in [-0.4, -0.2) is 18.6 Å². The molecule has 17 heavy (non-hydrogen) atoms. The molecule has 0 aliphatic carbocycles. The van der Waals surface area contributed by atoms with E-state index in [9.17, 15) is 4.79 Å². The van der Waals surface area contributed by atoms with E-state index in [-0.39, 0.29) is 5.91 Å². The molecule has 1 N–H and O–H groups in total. The van der Waals surface area contributed by atoms with Crippen molar-refractivity contribution >= 4 is 5.91 Å². The molecule has 1 amide bonds. The molecular weight excluding hydrogens is 218 g/mol. The van der Waals surface area contributed by atoms with Crippen molar-refractivity contribution in [3.8, 4) is 0 Å². The summed E-state index contributed by atoms with van der Waals surface area (Å²) in [6.07, 6.45) is 0. The number of hydrogen-bond acceptors (Lipinski definition) is 3. The lowest BCUT2D eigenvalue weighted by Gasteiger charge is -2.18. The average molecular weight is 237 g/mol. The highest BCUT2D eigenvalue weighted by atomic mass is 16.7. The number of carbonyl (C=O) groups excluding carboxylic acids is 1. The van der Waals surface area contributed by atoms with Crippen molar-refractivity contribution in [2.45, 2.75) is 33.0 Å². The van der Waals surface area contributed by atoms with Crippen molar-refractivity contribution in [3.63, 3.8) is 0 Å². The molecule has 1 aromatic carbocycles. The number of amides is 1. The number of hydroxylamine groups is 1. The van der Waals surface area contributed by atoms with E-state index < -0.39 is 5.60 Å². The first kappa shape index (κ1) is 13.7. The first-order valence-corrected chi connectivity index (χ1v) is 5.48. The second kappa shape index (κ2) is 5.80. The molecule has 0 fully saturated rings. The second-order valence-corrected chi connectivity index (χ2v) is 4.78. The van der Waals surface area contributed by atoms with Crippen LogP contribution in [0.2, 0.25) is 0 Å². The standard InChI is InChI=1S/C13H19NO3/c1-13(2,3)17-14-12(15)11-7-5-10(6-8-11)9-16-4/h5-8H,9H2,1-4H3,(H,14,15). The fourth-order valence-corrected chi connectivity index (χ4v) is 1.18. The molecule has 0 bridgehead atoms. The molecule has 4 nitrogen and oxygen atoms in total. The molecule has 0 spiro atoms. The van der Waals surface area contributed by atoms with Crippen LogP contribution >= 0.6 is 0 Å². The lowest BCUT2D eigenvalue weighted by atomic mass is 10.1. The lowest BCUT2D eigenvalue weighted by Crippen LogP contribution is -2.33. The van der Waals surface area contributed by atoms with Crippen LogP contribution in [0.3, 0.4) is 0 Å². The minimum atomic E-state index is -0.397. The molecule has 0 unspecified atom stereocenters. The van der Waals surface area contributed by atoms with E-state index in [4.69, 9.17) is 9.57 Å². The van der Waals surface area contributed by atoms with Gasteiger partial charge in [0.2, 0.25) is 0 Å². The SMILES string of the molecule is COCc1ccc(C(=O)NOC(C)(C)C)cc1. The third kappa shape index (κ3) is 4.97. The number of carbonyl (C=O) groups is 1. The summed E-state index contributed by atoms with van der Waals surface area (Å²) in [6, 6.07) is 7.20. The molecule has 0 aliphatic rings. The van der Waals surface area contributed by atoms with Gasteiger partial charge in [-0.25, -0.2) is 5.48 Å². The van der Waals surface area contributed by atoms with Crippen molar-refractivity contribution in [1.29, 1.82) is 0 Å². The van der Waals surface area contributed by atoms with Gasteiger partial charge in [-0.2, -0.15) is 0 Å². The number of hydrogen-bond donors (Lipinski definition) is 1. The van der Waals surface area contributed by atoms with Gasteiger partial charge >= 0.3 is 0 Å². The van der Waals surface area contributed by atoms with Gasteiger partial charge in [0.25, 0.3) is 5.91 Å². The zero-order valence-electron chi connectivity index (χ0n) is 10.7. The smallest absolute Gasteiger partial charge is 0.274 e. The zero-order valence-corrected chi connectivity index (χ0v) is 10.7. The highest BCUT2D eigenvalue weighted by molar-refractivity contribution is 5.93. The van der Waals surface area contributed by atoms with E-state index in [1.807, 2.05) is 32.9 Å². The van der Waals surface area contributed by atoms with Gasteiger partial charge in [0.1, 0.15) is 0 Å². The predicted molar refractivity (Wildman–Crippen MR) is 65.5 cm³/mol. The Labute approximate surface area is 102 Å². The summed E-state index contributed by atoms with van der Waals surface area (Å²) >= 11 is 0. The van der Waals surface area contributed by atoms with E-state index in [2.05, 4.69) is 5.48 Å². The third-order valence-corrected chi connectivity index (χ3v) is 1.98. The van der Waals surface area contributed by atoms with Crippen LogP contribution in [0.15, 0.2) is 24.3 Å². The Morgan fingerprint density at radius 3 is 2.29 bits per heavy atom. The fraction of sp³-hybridized carbons (Fsp3) is 0.462. The largest absolute Gasteiger partial charge is 0.380 e. The number of methoxy groups -OCH3 is 1. The molecular formula is C13H19NO3. The zero-order chi connectivity index (χ0) is 12.9. The van der Waals surface area contributed by atoms with Crippen LogP contribution in [0, 0.1) is 0 Å². The molecule has 1 rings (SSSR count). The van der Waals surface area contributed by atoms with E-state index in [0.29, 0.717) is 12.2 Å². The maximum atomic E-state index is 11.7. The first-order valence-electron chi connectivity index (χ1n) is 5.48. The topological polar surface area (TPSA) is 47.6 Å². The summed E-state index contributed by atoms with van der Waals surface area (Å²) in [5, 5.41) is 0. The summed E-state index contributed by atoms with van der Waals surface area (Å²) in [5.74, 6) is -0.246. The van der Waals surface area contributed by atoms with E-state index >= 15 is 0 Å². The first-order chi connectivity index (χ1) is 7.92. The number of benzene rings is 1. The van der Waals surface area contributed by atoms with Crippen LogP contribution in [0.25, 0.3) is 0 Å². The molecule has 0 heterocycles. The average Bonchev–Trinajstić information content (AvgIpc) is 2.26. The Balaban J connectivity index is 2.57. The van der Waals surface area contributed by atoms with E-state index in [1.54, 1.807) is 19.2 Å². The Hall–Kier alpha value is -1.39. The maximum Gasteiger partial charge on any atom is 0.274 e. The van der Waals surface area contributed by atoms with Crippen LogP contribution in [-0.2, 0) is 16.2 Å². The van der Waals surface area contributed by atoms with E-state index in [1.165, 1.54) is 0 Å². The number of rotatable bonds is 4. The molecule has 0 radical (unpaired) electrons. The van der Waals surface area contributed by atoms with Crippen LogP contribution in [0.4, 0.5) is 0 Å². The third-order valence-electron chi connectivity index (χ3n) is 1.98. The lowest BCUT2D eigenvalue weighted by molar-refractivity contribution is -0.0589. The minimum Gasteiger partial charge on any atom is -0.380 e. The maximum absolute atomic E-state index is 11.7. The summed E-state index contributed by atoms with van der Waals surface area (Å²) in [7, 11) is 1.64. The highest BCUT2D eigenvalue weighted by Gasteiger charge is 2.13. The van der Waals surface area contributed by atoms with Crippen LogP contribution < -0.4 is 5.48 Å². The van der Waals surface area contributed by atoms with E-state index in [0.717, 1.165) is 5.56 Å². The molecule has 0 aromatic heterocycles. The Bertz CT molecular complexity index is 365. The van der Waals surface area contributed by atoms with Gasteiger partial charge in [-0.1, -0.05) is 12.1 Å². The summed E-state index contributed by atoms with van der Waals surface area (Å²) in [5.41, 5.74) is 3.62. The quantitative estimate of drug-likeness (QED) is 0.817. The molecule has 94 valence electrons. The van der Waals surface area contributed by atoms with Crippen LogP contribution in [0.5, 0.6) is 0 Å². The molecule has 0 saturated heterocycles. The molecule has 0 atom stereocenters. The molecule has 4 heteroatoms. The number of nitrogens with one attached hydrogen (secondary N) is 1.